The molecule has 10 nitrogen and oxygen atoms in total. The average Bonchev–Trinajstić information content (AvgIpc) is 2.97. The highest BCUT2D eigenvalue weighted by atomic mass is 32.2. The molecule has 0 saturated heterocycles. The number of methoxy groups -OCH3 is 3. The normalized spacial score (nSPS) is 12.2. The predicted octanol–water partition coefficient (Wildman–Crippen LogP) is 4.24. The molecule has 0 aliphatic carbocycles. The molecule has 0 bridgehead atoms. The Morgan fingerprint density at radius 2 is 1.48 bits per heavy atom. The Morgan fingerprint density at radius 1 is 0.857 bits per heavy atom. The second kappa shape index (κ2) is 13.6. The first kappa shape index (κ1) is 32.3. The first-order valence-electron chi connectivity index (χ1n) is 13.3. The van der Waals surface area contributed by atoms with Crippen molar-refractivity contribution in [2.75, 3.05) is 32.2 Å². The summed E-state index contributed by atoms with van der Waals surface area (Å²) in [5.74, 6) is 0.398. The van der Waals surface area contributed by atoms with Crippen LogP contribution in [0.3, 0.4) is 0 Å². The van der Waals surface area contributed by atoms with Crippen molar-refractivity contribution in [3.05, 3.63) is 78.4 Å². The number of benzene rings is 3. The van der Waals surface area contributed by atoms with E-state index in [9.17, 15) is 18.0 Å². The van der Waals surface area contributed by atoms with Gasteiger partial charge in [0.1, 0.15) is 18.3 Å². The Labute approximate surface area is 248 Å². The molecule has 0 fully saturated rings. The van der Waals surface area contributed by atoms with Crippen molar-refractivity contribution in [2.24, 2.45) is 0 Å². The van der Waals surface area contributed by atoms with E-state index in [0.717, 1.165) is 9.87 Å². The van der Waals surface area contributed by atoms with Crippen LogP contribution >= 0.6 is 0 Å². The highest BCUT2D eigenvalue weighted by Gasteiger charge is 2.33. The minimum atomic E-state index is -4.21. The van der Waals surface area contributed by atoms with Crippen LogP contribution in [0, 0.1) is 0 Å². The van der Waals surface area contributed by atoms with Crippen LogP contribution in [-0.4, -0.2) is 64.6 Å². The van der Waals surface area contributed by atoms with Gasteiger partial charge in [0.05, 0.1) is 31.9 Å². The zero-order valence-electron chi connectivity index (χ0n) is 25.1. The van der Waals surface area contributed by atoms with Gasteiger partial charge in [-0.3, -0.25) is 13.9 Å². The smallest absolute Gasteiger partial charge is 0.264 e. The molecule has 0 spiro atoms. The Bertz CT molecular complexity index is 1470. The van der Waals surface area contributed by atoms with E-state index in [1.54, 1.807) is 68.6 Å². The average molecular weight is 598 g/mol. The van der Waals surface area contributed by atoms with Crippen LogP contribution < -0.4 is 23.8 Å². The maximum Gasteiger partial charge on any atom is 0.264 e. The van der Waals surface area contributed by atoms with Crippen LogP contribution in [0.5, 0.6) is 17.2 Å². The molecule has 3 aromatic carbocycles. The van der Waals surface area contributed by atoms with E-state index in [4.69, 9.17) is 14.2 Å². The molecule has 0 aliphatic heterocycles. The highest BCUT2D eigenvalue weighted by molar-refractivity contribution is 7.92. The minimum absolute atomic E-state index is 0.00723. The van der Waals surface area contributed by atoms with Gasteiger partial charge in [0.15, 0.2) is 11.5 Å². The number of carbonyl (C=O) groups excluding carboxylic acids is 2. The fourth-order valence-corrected chi connectivity index (χ4v) is 5.64. The third-order valence-corrected chi connectivity index (χ3v) is 8.23. The number of rotatable bonds is 12. The lowest BCUT2D eigenvalue weighted by molar-refractivity contribution is -0.140. The topological polar surface area (TPSA) is 114 Å². The zero-order chi connectivity index (χ0) is 31.1. The van der Waals surface area contributed by atoms with Gasteiger partial charge in [0, 0.05) is 18.2 Å². The summed E-state index contributed by atoms with van der Waals surface area (Å²) in [4.78, 5) is 28.7. The number of ether oxygens (including phenoxy) is 3. The van der Waals surface area contributed by atoms with Gasteiger partial charge in [-0.05, 0) is 69.7 Å². The summed E-state index contributed by atoms with van der Waals surface area (Å²) in [5.41, 5.74) is 0.395. The van der Waals surface area contributed by atoms with Gasteiger partial charge in [-0.1, -0.05) is 30.3 Å². The number of hydrogen-bond acceptors (Lipinski definition) is 7. The number of hydrogen-bond donors (Lipinski definition) is 1. The second-order valence-corrected chi connectivity index (χ2v) is 12.5. The first-order chi connectivity index (χ1) is 19.8. The molecule has 3 aromatic rings. The van der Waals surface area contributed by atoms with Gasteiger partial charge in [0.2, 0.25) is 11.8 Å². The third kappa shape index (κ3) is 7.94. The first-order valence-corrected chi connectivity index (χ1v) is 14.8. The molecular formula is C31H39N3O7S. The number of carbonyl (C=O) groups is 2. The number of anilines is 1. The van der Waals surface area contributed by atoms with Gasteiger partial charge in [-0.2, -0.15) is 0 Å². The molecule has 1 atom stereocenters. The molecule has 0 aliphatic rings. The second-order valence-electron chi connectivity index (χ2n) is 10.6. The largest absolute Gasteiger partial charge is 0.497 e. The summed E-state index contributed by atoms with van der Waals surface area (Å²) in [7, 11) is 0.256. The molecule has 1 N–H and O–H groups in total. The standard InChI is InChI=1S/C31H39N3O7S/c1-22(30(36)32-31(2,3)4)33(20-23-13-16-25(39-5)17-14-23)29(35)21-34(42(37,38)26-11-9-8-10-12-26)24-15-18-27(40-6)28(19-24)41-7/h8-19,22H,20-21H2,1-7H3,(H,32,36). The lowest BCUT2D eigenvalue weighted by atomic mass is 10.1. The van der Waals surface area contributed by atoms with E-state index in [-0.39, 0.29) is 23.0 Å². The van der Waals surface area contributed by atoms with E-state index >= 15 is 0 Å². The maximum absolute atomic E-state index is 14.1. The summed E-state index contributed by atoms with van der Waals surface area (Å²) >= 11 is 0. The van der Waals surface area contributed by atoms with Crippen molar-refractivity contribution in [1.82, 2.24) is 10.2 Å². The van der Waals surface area contributed by atoms with Crippen molar-refractivity contribution in [2.45, 2.75) is 50.7 Å². The van der Waals surface area contributed by atoms with Crippen LogP contribution in [0.25, 0.3) is 0 Å². The molecule has 2 amide bonds. The van der Waals surface area contributed by atoms with Crippen LogP contribution in [0.1, 0.15) is 33.3 Å². The van der Waals surface area contributed by atoms with E-state index in [1.807, 2.05) is 20.8 Å². The van der Waals surface area contributed by atoms with Crippen LogP contribution in [0.2, 0.25) is 0 Å². The van der Waals surface area contributed by atoms with Crippen molar-refractivity contribution in [1.29, 1.82) is 0 Å². The van der Waals surface area contributed by atoms with Crippen molar-refractivity contribution in [3.8, 4) is 17.2 Å². The lowest BCUT2D eigenvalue weighted by Crippen LogP contribution is -2.54. The van der Waals surface area contributed by atoms with Gasteiger partial charge in [-0.15, -0.1) is 0 Å². The quantitative estimate of drug-likeness (QED) is 0.332. The monoisotopic (exact) mass is 597 g/mol. The summed E-state index contributed by atoms with van der Waals surface area (Å²) < 4.78 is 44.9. The molecule has 11 heteroatoms. The van der Waals surface area contributed by atoms with Crippen LogP contribution in [-0.2, 0) is 26.2 Å². The number of amides is 2. The molecule has 3 rings (SSSR count). The molecule has 42 heavy (non-hydrogen) atoms. The predicted molar refractivity (Wildman–Crippen MR) is 161 cm³/mol. The van der Waals surface area contributed by atoms with Crippen LogP contribution in [0.4, 0.5) is 5.69 Å². The highest BCUT2D eigenvalue weighted by Crippen LogP contribution is 2.34. The van der Waals surface area contributed by atoms with E-state index < -0.39 is 34.1 Å². The molecule has 0 aromatic heterocycles. The van der Waals surface area contributed by atoms with E-state index in [0.29, 0.717) is 17.2 Å². The van der Waals surface area contributed by atoms with Crippen molar-refractivity contribution in [3.63, 3.8) is 0 Å². The SMILES string of the molecule is COc1ccc(CN(C(=O)CN(c2ccc(OC)c(OC)c2)S(=O)(=O)c2ccccc2)C(C)C(=O)NC(C)(C)C)cc1. The summed E-state index contributed by atoms with van der Waals surface area (Å²) in [5, 5.41) is 2.91. The lowest BCUT2D eigenvalue weighted by Gasteiger charge is -2.33. The van der Waals surface area contributed by atoms with Crippen LogP contribution in [0.15, 0.2) is 77.7 Å². The Balaban J connectivity index is 2.08. The Morgan fingerprint density at radius 3 is 2.02 bits per heavy atom. The number of nitrogens with zero attached hydrogens (tertiary/aromatic N) is 2. The van der Waals surface area contributed by atoms with Gasteiger partial charge < -0.3 is 24.4 Å². The molecule has 1 unspecified atom stereocenters. The van der Waals surface area contributed by atoms with Crippen molar-refractivity contribution >= 4 is 27.5 Å². The minimum Gasteiger partial charge on any atom is -0.497 e. The number of nitrogens with one attached hydrogen (secondary N) is 1. The van der Waals surface area contributed by atoms with Gasteiger partial charge in [0.25, 0.3) is 10.0 Å². The summed E-state index contributed by atoms with van der Waals surface area (Å²) in [6, 6.07) is 18.6. The fraction of sp³-hybridized carbons (Fsp3) is 0.355. The molecule has 226 valence electrons. The van der Waals surface area contributed by atoms with E-state index in [1.165, 1.54) is 37.3 Å². The number of sulfonamides is 1. The van der Waals surface area contributed by atoms with E-state index in [2.05, 4.69) is 5.32 Å². The molecule has 0 radical (unpaired) electrons. The summed E-state index contributed by atoms with van der Waals surface area (Å²) in [6.45, 7) is 6.65. The molecular weight excluding hydrogens is 558 g/mol. The Kier molecular flexibility index (Phi) is 10.5. The maximum atomic E-state index is 14.1. The zero-order valence-corrected chi connectivity index (χ0v) is 25.9. The molecule has 0 heterocycles. The third-order valence-electron chi connectivity index (χ3n) is 6.44. The summed E-state index contributed by atoms with van der Waals surface area (Å²) in [6.07, 6.45) is 0. The molecule has 0 saturated carbocycles. The Hall–Kier alpha value is -4.25. The van der Waals surface area contributed by atoms with Crippen molar-refractivity contribution < 1.29 is 32.2 Å². The van der Waals surface area contributed by atoms with Gasteiger partial charge in [-0.25, -0.2) is 8.42 Å². The van der Waals surface area contributed by atoms with Gasteiger partial charge >= 0.3 is 0 Å². The fourth-order valence-electron chi connectivity index (χ4n) is 4.21.